The molecule has 0 fully saturated rings. The van der Waals surface area contributed by atoms with Crippen LogP contribution in [0.25, 0.3) is 10.8 Å². The SMILES string of the molecule is CC(Nc1ccc(F)cc1)C(=O)N/N=C/c1c(O)ccc2ccccc12. The summed E-state index contributed by atoms with van der Waals surface area (Å²) in [6.07, 6.45) is 1.42. The third-order valence-electron chi connectivity index (χ3n) is 3.94. The Hall–Kier alpha value is -3.41. The number of amides is 1. The molecule has 0 aliphatic rings. The van der Waals surface area contributed by atoms with Crippen LogP contribution in [0.5, 0.6) is 5.75 Å². The first-order valence-corrected chi connectivity index (χ1v) is 8.10. The van der Waals surface area contributed by atoms with Gasteiger partial charge in [0.15, 0.2) is 0 Å². The highest BCUT2D eigenvalue weighted by atomic mass is 19.1. The first kappa shape index (κ1) is 17.4. The number of nitrogens with one attached hydrogen (secondary N) is 2. The maximum atomic E-state index is 12.9. The Morgan fingerprint density at radius 1 is 1.12 bits per heavy atom. The summed E-state index contributed by atoms with van der Waals surface area (Å²) >= 11 is 0. The number of carbonyl (C=O) groups excluding carboxylic acids is 1. The number of aromatic hydroxyl groups is 1. The first-order valence-electron chi connectivity index (χ1n) is 8.10. The Morgan fingerprint density at radius 2 is 1.85 bits per heavy atom. The summed E-state index contributed by atoms with van der Waals surface area (Å²) in [4.78, 5) is 12.1. The lowest BCUT2D eigenvalue weighted by Crippen LogP contribution is -2.34. The van der Waals surface area contributed by atoms with Crippen molar-refractivity contribution in [3.8, 4) is 5.75 Å². The van der Waals surface area contributed by atoms with Crippen LogP contribution in [0.1, 0.15) is 12.5 Å². The van der Waals surface area contributed by atoms with E-state index in [0.717, 1.165) is 10.8 Å². The molecule has 26 heavy (non-hydrogen) atoms. The molecule has 1 atom stereocenters. The summed E-state index contributed by atoms with van der Waals surface area (Å²) in [7, 11) is 0. The Balaban J connectivity index is 1.67. The molecule has 0 heterocycles. The second-order valence-corrected chi connectivity index (χ2v) is 5.83. The molecule has 3 aromatic rings. The zero-order chi connectivity index (χ0) is 18.5. The zero-order valence-electron chi connectivity index (χ0n) is 14.1. The van der Waals surface area contributed by atoms with Crippen molar-refractivity contribution in [2.45, 2.75) is 13.0 Å². The molecule has 0 radical (unpaired) electrons. The maximum absolute atomic E-state index is 12.9. The molecule has 132 valence electrons. The number of phenols is 1. The van der Waals surface area contributed by atoms with E-state index >= 15 is 0 Å². The third-order valence-corrected chi connectivity index (χ3v) is 3.94. The van der Waals surface area contributed by atoms with Gasteiger partial charge in [0.2, 0.25) is 0 Å². The Kier molecular flexibility index (Phi) is 5.12. The van der Waals surface area contributed by atoms with Crippen LogP contribution in [0.4, 0.5) is 10.1 Å². The molecule has 0 bridgehead atoms. The Bertz CT molecular complexity index is 955. The fourth-order valence-corrected chi connectivity index (χ4v) is 2.54. The highest BCUT2D eigenvalue weighted by molar-refractivity contribution is 6.02. The van der Waals surface area contributed by atoms with E-state index in [-0.39, 0.29) is 17.5 Å². The van der Waals surface area contributed by atoms with Crippen LogP contribution in [-0.2, 0) is 4.79 Å². The fourth-order valence-electron chi connectivity index (χ4n) is 2.54. The molecule has 0 aromatic heterocycles. The predicted molar refractivity (Wildman–Crippen MR) is 101 cm³/mol. The molecule has 0 aliphatic carbocycles. The Morgan fingerprint density at radius 3 is 2.62 bits per heavy atom. The van der Waals surface area contributed by atoms with E-state index in [1.54, 1.807) is 25.1 Å². The number of benzene rings is 3. The molecule has 0 aliphatic heterocycles. The molecule has 3 N–H and O–H groups in total. The summed E-state index contributed by atoms with van der Waals surface area (Å²) < 4.78 is 12.9. The van der Waals surface area contributed by atoms with Crippen molar-refractivity contribution in [1.82, 2.24) is 5.43 Å². The summed E-state index contributed by atoms with van der Waals surface area (Å²) in [5.41, 5.74) is 3.60. The van der Waals surface area contributed by atoms with Gasteiger partial charge < -0.3 is 10.4 Å². The number of halogens is 1. The molecular weight excluding hydrogens is 333 g/mol. The van der Waals surface area contributed by atoms with Crippen molar-refractivity contribution >= 4 is 28.6 Å². The molecule has 0 spiro atoms. The summed E-state index contributed by atoms with van der Waals surface area (Å²) in [5, 5.41) is 18.8. The van der Waals surface area contributed by atoms with E-state index in [1.165, 1.54) is 18.3 Å². The monoisotopic (exact) mass is 351 g/mol. The largest absolute Gasteiger partial charge is 0.507 e. The molecule has 5 nitrogen and oxygen atoms in total. The lowest BCUT2D eigenvalue weighted by molar-refractivity contribution is -0.121. The molecule has 6 heteroatoms. The molecule has 3 aromatic carbocycles. The van der Waals surface area contributed by atoms with Crippen molar-refractivity contribution in [3.63, 3.8) is 0 Å². The number of rotatable bonds is 5. The van der Waals surface area contributed by atoms with E-state index < -0.39 is 6.04 Å². The topological polar surface area (TPSA) is 73.7 Å². The van der Waals surface area contributed by atoms with Crippen LogP contribution in [0.15, 0.2) is 65.8 Å². The second kappa shape index (κ2) is 7.65. The van der Waals surface area contributed by atoms with Gasteiger partial charge in [-0.3, -0.25) is 4.79 Å². The van der Waals surface area contributed by atoms with E-state index in [1.807, 2.05) is 30.3 Å². The number of phenolic OH excluding ortho intramolecular Hbond substituents is 1. The molecule has 0 saturated heterocycles. The van der Waals surface area contributed by atoms with Gasteiger partial charge in [-0.15, -0.1) is 0 Å². The molecule has 1 unspecified atom stereocenters. The summed E-state index contributed by atoms with van der Waals surface area (Å²) in [5.74, 6) is -0.614. The molecule has 1 amide bonds. The number of fused-ring (bicyclic) bond motifs is 1. The molecule has 3 rings (SSSR count). The smallest absolute Gasteiger partial charge is 0.262 e. The number of anilines is 1. The number of hydrogen-bond donors (Lipinski definition) is 3. The fraction of sp³-hybridized carbons (Fsp3) is 0.100. The van der Waals surface area contributed by atoms with E-state index in [2.05, 4.69) is 15.8 Å². The standard InChI is InChI=1S/C20H18FN3O2/c1-13(23-16-9-7-15(21)8-10-16)20(26)24-22-12-18-17-5-3-2-4-14(17)6-11-19(18)25/h2-13,23,25H,1H3,(H,24,26)/b22-12+. The van der Waals surface area contributed by atoms with Crippen LogP contribution in [0.3, 0.4) is 0 Å². The van der Waals surface area contributed by atoms with Gasteiger partial charge in [-0.25, -0.2) is 9.82 Å². The van der Waals surface area contributed by atoms with Gasteiger partial charge >= 0.3 is 0 Å². The van der Waals surface area contributed by atoms with Crippen LogP contribution >= 0.6 is 0 Å². The summed E-state index contributed by atoms with van der Waals surface area (Å²) in [6.45, 7) is 1.67. The quantitative estimate of drug-likeness (QED) is 0.485. The van der Waals surface area contributed by atoms with Crippen molar-refractivity contribution in [1.29, 1.82) is 0 Å². The highest BCUT2D eigenvalue weighted by Crippen LogP contribution is 2.25. The minimum atomic E-state index is -0.571. The van der Waals surface area contributed by atoms with Crippen molar-refractivity contribution in [2.75, 3.05) is 5.32 Å². The van der Waals surface area contributed by atoms with E-state index in [9.17, 15) is 14.3 Å². The lowest BCUT2D eigenvalue weighted by Gasteiger charge is -2.13. The van der Waals surface area contributed by atoms with Gasteiger partial charge in [-0.2, -0.15) is 5.10 Å². The van der Waals surface area contributed by atoms with E-state index in [0.29, 0.717) is 11.3 Å². The average Bonchev–Trinajstić information content (AvgIpc) is 2.65. The lowest BCUT2D eigenvalue weighted by atomic mass is 10.0. The van der Waals surface area contributed by atoms with Crippen LogP contribution < -0.4 is 10.7 Å². The highest BCUT2D eigenvalue weighted by Gasteiger charge is 2.12. The van der Waals surface area contributed by atoms with Crippen LogP contribution in [0.2, 0.25) is 0 Å². The normalized spacial score (nSPS) is 12.2. The van der Waals surface area contributed by atoms with Gasteiger partial charge in [0.1, 0.15) is 17.6 Å². The summed E-state index contributed by atoms with van der Waals surface area (Å²) in [6, 6.07) is 16.1. The van der Waals surface area contributed by atoms with Crippen molar-refractivity contribution in [3.05, 3.63) is 72.0 Å². The van der Waals surface area contributed by atoms with Crippen molar-refractivity contribution in [2.24, 2.45) is 5.10 Å². The number of hydrazone groups is 1. The van der Waals surface area contributed by atoms with Gasteiger partial charge in [0.05, 0.1) is 6.21 Å². The minimum Gasteiger partial charge on any atom is -0.507 e. The molecule has 0 saturated carbocycles. The van der Waals surface area contributed by atoms with Gasteiger partial charge in [0, 0.05) is 11.3 Å². The second-order valence-electron chi connectivity index (χ2n) is 5.83. The van der Waals surface area contributed by atoms with Gasteiger partial charge in [-0.1, -0.05) is 30.3 Å². The number of nitrogens with zero attached hydrogens (tertiary/aromatic N) is 1. The van der Waals surface area contributed by atoms with Crippen LogP contribution in [-0.4, -0.2) is 23.3 Å². The Labute approximate surface area is 150 Å². The zero-order valence-corrected chi connectivity index (χ0v) is 14.1. The average molecular weight is 351 g/mol. The number of carbonyl (C=O) groups is 1. The van der Waals surface area contributed by atoms with Gasteiger partial charge in [0.25, 0.3) is 5.91 Å². The van der Waals surface area contributed by atoms with Crippen molar-refractivity contribution < 1.29 is 14.3 Å². The molecular formula is C20H18FN3O2. The maximum Gasteiger partial charge on any atom is 0.262 e. The van der Waals surface area contributed by atoms with Crippen LogP contribution in [0, 0.1) is 5.82 Å². The number of hydrogen-bond acceptors (Lipinski definition) is 4. The van der Waals surface area contributed by atoms with Gasteiger partial charge in [-0.05, 0) is 48.0 Å². The first-order chi connectivity index (χ1) is 12.5. The third kappa shape index (κ3) is 3.97. The minimum absolute atomic E-state index is 0.0826. The van der Waals surface area contributed by atoms with E-state index in [4.69, 9.17) is 0 Å². The predicted octanol–water partition coefficient (Wildman–Crippen LogP) is 3.64.